The van der Waals surface area contributed by atoms with Gasteiger partial charge < -0.3 is 10.2 Å². The number of likely N-dealkylation sites (tertiary alicyclic amines) is 1. The molecule has 1 heterocycles. The van der Waals surface area contributed by atoms with Crippen molar-refractivity contribution in [3.05, 3.63) is 42.5 Å². The van der Waals surface area contributed by atoms with Gasteiger partial charge in [0, 0.05) is 19.1 Å². The van der Waals surface area contributed by atoms with E-state index >= 15 is 0 Å². The molecule has 3 rings (SSSR count). The van der Waals surface area contributed by atoms with Crippen LogP contribution in [0.25, 0.3) is 10.8 Å². The fourth-order valence-corrected chi connectivity index (χ4v) is 5.13. The summed E-state index contributed by atoms with van der Waals surface area (Å²) in [5, 5.41) is 4.88. The molecule has 7 heteroatoms. The zero-order chi connectivity index (χ0) is 21.0. The number of nitrogens with one attached hydrogen (secondary N) is 2. The van der Waals surface area contributed by atoms with Gasteiger partial charge in [-0.2, -0.15) is 4.72 Å². The molecule has 1 atom stereocenters. The second-order valence-electron chi connectivity index (χ2n) is 8.07. The van der Waals surface area contributed by atoms with Crippen LogP contribution in [0.2, 0.25) is 0 Å². The summed E-state index contributed by atoms with van der Waals surface area (Å²) in [7, 11) is -3.81. The molecular formula is C22H31N3O3S. The van der Waals surface area contributed by atoms with E-state index in [9.17, 15) is 13.2 Å². The third-order valence-corrected chi connectivity index (χ3v) is 7.08. The summed E-state index contributed by atoms with van der Waals surface area (Å²) in [5.41, 5.74) is 0. The van der Waals surface area contributed by atoms with Crippen molar-refractivity contribution >= 4 is 26.7 Å². The van der Waals surface area contributed by atoms with Crippen LogP contribution >= 0.6 is 0 Å². The van der Waals surface area contributed by atoms with Crippen molar-refractivity contribution in [2.24, 2.45) is 5.92 Å². The Hall–Kier alpha value is -1.96. The summed E-state index contributed by atoms with van der Waals surface area (Å²) in [4.78, 5) is 15.4. The smallest absolute Gasteiger partial charge is 0.241 e. The summed E-state index contributed by atoms with van der Waals surface area (Å²) in [6.45, 7) is 8.77. The van der Waals surface area contributed by atoms with E-state index in [2.05, 4.69) is 21.9 Å². The number of carbonyl (C=O) groups excluding carboxylic acids is 1. The SMILES string of the molecule is CCN1CCC(NC(=O)[C@H](NS(=O)(=O)c2ccc3ccccc3c2)C(C)C)CC1. The van der Waals surface area contributed by atoms with E-state index in [1.165, 1.54) is 0 Å². The normalized spacial score (nSPS) is 17.5. The molecule has 0 aliphatic carbocycles. The van der Waals surface area contributed by atoms with E-state index in [0.717, 1.165) is 43.2 Å². The van der Waals surface area contributed by atoms with Crippen LogP contribution in [-0.2, 0) is 14.8 Å². The number of sulfonamides is 1. The monoisotopic (exact) mass is 417 g/mol. The Morgan fingerprint density at radius 2 is 1.76 bits per heavy atom. The zero-order valence-corrected chi connectivity index (χ0v) is 18.2. The van der Waals surface area contributed by atoms with Gasteiger partial charge in [-0.05, 0) is 48.2 Å². The van der Waals surface area contributed by atoms with Gasteiger partial charge in [0.1, 0.15) is 6.04 Å². The van der Waals surface area contributed by atoms with Crippen molar-refractivity contribution < 1.29 is 13.2 Å². The van der Waals surface area contributed by atoms with Gasteiger partial charge in [-0.3, -0.25) is 4.79 Å². The summed E-state index contributed by atoms with van der Waals surface area (Å²) in [5.74, 6) is -0.416. The third kappa shape index (κ3) is 5.35. The molecule has 1 fully saturated rings. The lowest BCUT2D eigenvalue weighted by Crippen LogP contribution is -2.53. The van der Waals surface area contributed by atoms with Gasteiger partial charge in [-0.1, -0.05) is 51.1 Å². The molecule has 0 bridgehead atoms. The summed E-state index contributed by atoms with van der Waals surface area (Å²) >= 11 is 0. The lowest BCUT2D eigenvalue weighted by atomic mass is 10.0. The van der Waals surface area contributed by atoms with Gasteiger partial charge in [-0.15, -0.1) is 0 Å². The van der Waals surface area contributed by atoms with Crippen LogP contribution in [0.5, 0.6) is 0 Å². The highest BCUT2D eigenvalue weighted by molar-refractivity contribution is 7.89. The van der Waals surface area contributed by atoms with Crippen LogP contribution < -0.4 is 10.0 Å². The highest BCUT2D eigenvalue weighted by Crippen LogP contribution is 2.20. The number of hydrogen-bond donors (Lipinski definition) is 2. The minimum absolute atomic E-state index is 0.0942. The predicted octanol–water partition coefficient (Wildman–Crippen LogP) is 2.74. The van der Waals surface area contributed by atoms with Gasteiger partial charge in [-0.25, -0.2) is 8.42 Å². The fourth-order valence-electron chi connectivity index (χ4n) is 3.75. The molecule has 1 amide bonds. The van der Waals surface area contributed by atoms with E-state index in [0.29, 0.717) is 0 Å². The highest BCUT2D eigenvalue weighted by Gasteiger charge is 2.30. The Balaban J connectivity index is 1.72. The molecule has 0 spiro atoms. The van der Waals surface area contributed by atoms with Crippen LogP contribution in [0.3, 0.4) is 0 Å². The largest absolute Gasteiger partial charge is 0.352 e. The lowest BCUT2D eigenvalue weighted by molar-refractivity contribution is -0.124. The van der Waals surface area contributed by atoms with Crippen LogP contribution in [0.1, 0.15) is 33.6 Å². The fraction of sp³-hybridized carbons (Fsp3) is 0.500. The van der Waals surface area contributed by atoms with Crippen molar-refractivity contribution in [2.75, 3.05) is 19.6 Å². The number of rotatable bonds is 7. The van der Waals surface area contributed by atoms with Gasteiger partial charge in [0.15, 0.2) is 0 Å². The maximum absolute atomic E-state index is 13.0. The Labute approximate surface area is 173 Å². The molecule has 0 saturated carbocycles. The standard InChI is InChI=1S/C22H31N3O3S/c1-4-25-13-11-19(12-14-25)23-22(26)21(16(2)3)24-29(27,28)20-10-9-17-7-5-6-8-18(17)15-20/h5-10,15-16,19,21,24H,4,11-14H2,1-3H3,(H,23,26)/t21-/m1/s1. The molecule has 6 nitrogen and oxygen atoms in total. The summed E-state index contributed by atoms with van der Waals surface area (Å²) in [6.07, 6.45) is 1.78. The van der Waals surface area contributed by atoms with Gasteiger partial charge in [0.25, 0.3) is 0 Å². The number of amides is 1. The number of hydrogen-bond acceptors (Lipinski definition) is 4. The molecule has 158 valence electrons. The molecule has 29 heavy (non-hydrogen) atoms. The van der Waals surface area contributed by atoms with Crippen molar-refractivity contribution in [1.82, 2.24) is 14.9 Å². The third-order valence-electron chi connectivity index (χ3n) is 5.64. The van der Waals surface area contributed by atoms with E-state index in [1.807, 2.05) is 38.1 Å². The Bertz CT molecular complexity index is 951. The minimum Gasteiger partial charge on any atom is -0.352 e. The van der Waals surface area contributed by atoms with Crippen LogP contribution in [0, 0.1) is 5.92 Å². The highest BCUT2D eigenvalue weighted by atomic mass is 32.2. The first kappa shape index (κ1) is 21.7. The van der Waals surface area contributed by atoms with Crippen molar-refractivity contribution in [2.45, 2.75) is 50.6 Å². The Morgan fingerprint density at radius 3 is 2.38 bits per heavy atom. The Morgan fingerprint density at radius 1 is 1.10 bits per heavy atom. The number of carbonyl (C=O) groups is 1. The molecular weight excluding hydrogens is 386 g/mol. The van der Waals surface area contributed by atoms with Crippen LogP contribution in [0.4, 0.5) is 0 Å². The second kappa shape index (κ2) is 9.24. The maximum atomic E-state index is 13.0. The van der Waals surface area contributed by atoms with Crippen molar-refractivity contribution in [3.8, 4) is 0 Å². The molecule has 1 aliphatic heterocycles. The number of piperidine rings is 1. The van der Waals surface area contributed by atoms with Gasteiger partial charge in [0.2, 0.25) is 15.9 Å². The first-order chi connectivity index (χ1) is 13.8. The molecule has 1 aliphatic rings. The first-order valence-corrected chi connectivity index (χ1v) is 11.8. The number of nitrogens with zero attached hydrogens (tertiary/aromatic N) is 1. The average molecular weight is 418 g/mol. The van der Waals surface area contributed by atoms with Gasteiger partial charge >= 0.3 is 0 Å². The average Bonchev–Trinajstić information content (AvgIpc) is 2.72. The summed E-state index contributed by atoms with van der Waals surface area (Å²) in [6, 6.07) is 11.9. The van der Waals surface area contributed by atoms with E-state index in [1.54, 1.807) is 18.2 Å². The van der Waals surface area contributed by atoms with Crippen molar-refractivity contribution in [3.63, 3.8) is 0 Å². The van der Waals surface area contributed by atoms with E-state index < -0.39 is 16.1 Å². The molecule has 2 N–H and O–H groups in total. The molecule has 2 aromatic carbocycles. The molecule has 0 unspecified atom stereocenters. The maximum Gasteiger partial charge on any atom is 0.241 e. The number of fused-ring (bicyclic) bond motifs is 1. The quantitative estimate of drug-likeness (QED) is 0.726. The summed E-state index contributed by atoms with van der Waals surface area (Å²) < 4.78 is 28.6. The molecule has 2 aromatic rings. The topological polar surface area (TPSA) is 78.5 Å². The predicted molar refractivity (Wildman–Crippen MR) is 116 cm³/mol. The van der Waals surface area contributed by atoms with Crippen LogP contribution in [0.15, 0.2) is 47.4 Å². The number of benzene rings is 2. The molecule has 0 aromatic heterocycles. The van der Waals surface area contributed by atoms with E-state index in [-0.39, 0.29) is 22.8 Å². The Kier molecular flexibility index (Phi) is 6.93. The second-order valence-corrected chi connectivity index (χ2v) is 9.78. The zero-order valence-electron chi connectivity index (χ0n) is 17.4. The van der Waals surface area contributed by atoms with E-state index in [4.69, 9.17) is 0 Å². The van der Waals surface area contributed by atoms with Gasteiger partial charge in [0.05, 0.1) is 4.90 Å². The minimum atomic E-state index is -3.81. The van der Waals surface area contributed by atoms with Crippen molar-refractivity contribution in [1.29, 1.82) is 0 Å². The lowest BCUT2D eigenvalue weighted by Gasteiger charge is -2.32. The molecule has 0 radical (unpaired) electrons. The van der Waals surface area contributed by atoms with Crippen LogP contribution in [-0.4, -0.2) is 50.9 Å². The molecule has 1 saturated heterocycles. The first-order valence-electron chi connectivity index (χ1n) is 10.3.